The third-order valence-electron chi connectivity index (χ3n) is 3.43. The van der Waals surface area contributed by atoms with Crippen LogP contribution in [0.1, 0.15) is 12.5 Å². The molecule has 0 spiro atoms. The van der Waals surface area contributed by atoms with E-state index in [-0.39, 0.29) is 5.91 Å². The third kappa shape index (κ3) is 4.99. The largest absolute Gasteiger partial charge is 0.497 e. The van der Waals surface area contributed by atoms with Crippen LogP contribution in [0.15, 0.2) is 48.5 Å². The molecular weight excluding hydrogens is 328 g/mol. The molecule has 0 aliphatic rings. The van der Waals surface area contributed by atoms with Gasteiger partial charge in [0.15, 0.2) is 0 Å². The normalized spacial score (nSPS) is 10.5. The van der Waals surface area contributed by atoms with Crippen molar-refractivity contribution in [2.75, 3.05) is 23.3 Å². The van der Waals surface area contributed by atoms with E-state index in [2.05, 4.69) is 5.32 Å². The molecule has 128 valence electrons. The average molecular weight is 348 g/mol. The van der Waals surface area contributed by atoms with Gasteiger partial charge in [0.1, 0.15) is 5.75 Å². The molecule has 0 heterocycles. The number of ether oxygens (including phenoxy) is 1. The number of benzene rings is 2. The molecule has 6 nitrogen and oxygen atoms in total. The fourth-order valence-corrected chi connectivity index (χ4v) is 2.87. The molecule has 1 amide bonds. The molecule has 0 aromatic heterocycles. The highest BCUT2D eigenvalue weighted by atomic mass is 32.2. The summed E-state index contributed by atoms with van der Waals surface area (Å²) < 4.78 is 29.6. The lowest BCUT2D eigenvalue weighted by atomic mass is 10.1. The Morgan fingerprint density at radius 2 is 1.88 bits per heavy atom. The number of anilines is 2. The highest BCUT2D eigenvalue weighted by molar-refractivity contribution is 7.74. The Morgan fingerprint density at radius 1 is 1.17 bits per heavy atom. The molecule has 2 aromatic rings. The summed E-state index contributed by atoms with van der Waals surface area (Å²) in [5.41, 5.74) is 2.18. The molecule has 2 aromatic carbocycles. The summed E-state index contributed by atoms with van der Waals surface area (Å²) in [6.07, 6.45) is 0.563. The van der Waals surface area contributed by atoms with Crippen LogP contribution in [0.5, 0.6) is 5.75 Å². The van der Waals surface area contributed by atoms with Gasteiger partial charge in [-0.25, -0.2) is 8.42 Å². The van der Waals surface area contributed by atoms with Gasteiger partial charge in [0.2, 0.25) is 16.8 Å². The van der Waals surface area contributed by atoms with Crippen LogP contribution in [0.4, 0.5) is 11.4 Å². The van der Waals surface area contributed by atoms with E-state index in [1.54, 1.807) is 31.4 Å². The van der Waals surface area contributed by atoms with Gasteiger partial charge in [-0.1, -0.05) is 12.1 Å². The maximum atomic E-state index is 11.6. The predicted molar refractivity (Wildman–Crippen MR) is 95.1 cm³/mol. The van der Waals surface area contributed by atoms with Crippen molar-refractivity contribution in [3.05, 3.63) is 54.1 Å². The molecule has 0 aliphatic carbocycles. The van der Waals surface area contributed by atoms with E-state index in [4.69, 9.17) is 4.74 Å². The summed E-state index contributed by atoms with van der Waals surface area (Å²) in [5.74, 6) is 0.567. The summed E-state index contributed by atoms with van der Waals surface area (Å²) in [5, 5.41) is 2.65. The molecule has 0 radical (unpaired) electrons. The maximum absolute atomic E-state index is 11.6. The Kier molecular flexibility index (Phi) is 6.20. The first-order valence-corrected chi connectivity index (χ1v) is 8.55. The number of nitrogens with one attached hydrogen (secondary N) is 1. The molecule has 7 heteroatoms. The number of thiol groups is 1. The van der Waals surface area contributed by atoms with Gasteiger partial charge in [0, 0.05) is 19.2 Å². The zero-order valence-electron chi connectivity index (χ0n) is 13.6. The van der Waals surface area contributed by atoms with Gasteiger partial charge in [-0.2, -0.15) is 0 Å². The topological polar surface area (TPSA) is 75.7 Å². The van der Waals surface area contributed by atoms with Crippen LogP contribution < -0.4 is 14.4 Å². The first kappa shape index (κ1) is 17.8. The van der Waals surface area contributed by atoms with Gasteiger partial charge in [0.05, 0.1) is 12.8 Å². The molecular formula is C17H20N2O4S. The van der Waals surface area contributed by atoms with Crippen molar-refractivity contribution in [2.24, 2.45) is 0 Å². The number of carbonyl (C=O) groups excluding carboxylic acids is 1. The molecule has 1 N–H and O–H groups in total. The lowest BCUT2D eigenvalue weighted by Gasteiger charge is -2.18. The lowest BCUT2D eigenvalue weighted by molar-refractivity contribution is -0.114. The van der Waals surface area contributed by atoms with Gasteiger partial charge < -0.3 is 10.1 Å². The van der Waals surface area contributed by atoms with E-state index in [0.717, 1.165) is 11.3 Å². The van der Waals surface area contributed by atoms with Crippen molar-refractivity contribution in [3.63, 3.8) is 0 Å². The first-order valence-electron chi connectivity index (χ1n) is 7.42. The molecule has 0 bridgehead atoms. The highest BCUT2D eigenvalue weighted by Gasteiger charge is 2.09. The third-order valence-corrected chi connectivity index (χ3v) is 4.25. The second-order valence-electron chi connectivity index (χ2n) is 5.19. The average Bonchev–Trinajstić information content (AvgIpc) is 2.56. The summed E-state index contributed by atoms with van der Waals surface area (Å²) in [6, 6.07) is 14.2. The molecule has 0 saturated carbocycles. The van der Waals surface area contributed by atoms with Crippen molar-refractivity contribution in [1.29, 1.82) is 0 Å². The van der Waals surface area contributed by atoms with Crippen molar-refractivity contribution < 1.29 is 17.9 Å². The van der Waals surface area contributed by atoms with Crippen LogP contribution in [-0.2, 0) is 22.1 Å². The van der Waals surface area contributed by atoms with E-state index in [9.17, 15) is 13.2 Å². The van der Waals surface area contributed by atoms with Crippen LogP contribution in [-0.4, -0.2) is 28.0 Å². The quantitative estimate of drug-likeness (QED) is 0.753. The van der Waals surface area contributed by atoms with Gasteiger partial charge in [-0.05, 0) is 48.4 Å². The molecule has 0 aliphatic heterocycles. The number of nitrogens with zero attached hydrogens (tertiary/aromatic N) is 1. The molecule has 24 heavy (non-hydrogen) atoms. The number of rotatable bonds is 7. The van der Waals surface area contributed by atoms with Crippen LogP contribution in [0.25, 0.3) is 0 Å². The monoisotopic (exact) mass is 348 g/mol. The van der Waals surface area contributed by atoms with E-state index in [1.165, 1.54) is 11.2 Å². The van der Waals surface area contributed by atoms with Gasteiger partial charge in [0.25, 0.3) is 0 Å². The minimum Gasteiger partial charge on any atom is -0.497 e. The van der Waals surface area contributed by atoms with Crippen LogP contribution >= 0.6 is 0 Å². The summed E-state index contributed by atoms with van der Waals surface area (Å²) in [4.78, 5) is 11.0. The smallest absolute Gasteiger partial charge is 0.225 e. The zero-order chi connectivity index (χ0) is 17.5. The van der Waals surface area contributed by atoms with Gasteiger partial charge >= 0.3 is 0 Å². The number of hydrogen-bond acceptors (Lipinski definition) is 4. The standard InChI is InChI=1S/C17H20N2O4S/c1-13(20)18-15-6-8-16(9-7-15)19(24(21)22)11-10-14-4-3-5-17(12-14)23-2/h3-9,12,24H,10-11H2,1-2H3,(H,18,20). The Balaban J connectivity index is 2.10. The Bertz CT molecular complexity index is 764. The molecule has 0 unspecified atom stereocenters. The molecule has 0 saturated heterocycles. The summed E-state index contributed by atoms with van der Waals surface area (Å²) in [7, 11) is -1.17. The summed E-state index contributed by atoms with van der Waals surface area (Å²) in [6.45, 7) is 1.74. The number of carbonyl (C=O) groups is 1. The number of amides is 1. The van der Waals surface area contributed by atoms with Crippen molar-refractivity contribution in [2.45, 2.75) is 13.3 Å². The summed E-state index contributed by atoms with van der Waals surface area (Å²) >= 11 is 0. The Labute approximate surface area is 143 Å². The highest BCUT2D eigenvalue weighted by Crippen LogP contribution is 2.19. The zero-order valence-corrected chi connectivity index (χ0v) is 14.5. The van der Waals surface area contributed by atoms with Gasteiger partial charge in [-0.3, -0.25) is 9.10 Å². The number of hydrogen-bond donors (Lipinski definition) is 2. The van der Waals surface area contributed by atoms with E-state index < -0.39 is 10.9 Å². The molecule has 2 rings (SSSR count). The van der Waals surface area contributed by atoms with Crippen LogP contribution in [0.2, 0.25) is 0 Å². The van der Waals surface area contributed by atoms with Crippen LogP contribution in [0.3, 0.4) is 0 Å². The lowest BCUT2D eigenvalue weighted by Crippen LogP contribution is -2.24. The Morgan fingerprint density at radius 3 is 2.46 bits per heavy atom. The second kappa shape index (κ2) is 8.35. The first-order chi connectivity index (χ1) is 11.5. The minimum absolute atomic E-state index is 0.174. The minimum atomic E-state index is -2.76. The Hall–Kier alpha value is -2.54. The predicted octanol–water partition coefficient (Wildman–Crippen LogP) is 2.23. The molecule has 0 atom stereocenters. The van der Waals surface area contributed by atoms with Crippen LogP contribution in [0, 0.1) is 0 Å². The number of methoxy groups -OCH3 is 1. The van der Waals surface area contributed by atoms with E-state index in [0.29, 0.717) is 24.3 Å². The van der Waals surface area contributed by atoms with Gasteiger partial charge in [-0.15, -0.1) is 0 Å². The SMILES string of the molecule is COc1cccc(CCN(c2ccc(NC(C)=O)cc2)[SH](=O)=O)c1. The van der Waals surface area contributed by atoms with Crippen molar-refractivity contribution in [3.8, 4) is 5.75 Å². The van der Waals surface area contributed by atoms with Crippen molar-refractivity contribution >= 4 is 28.2 Å². The second-order valence-corrected chi connectivity index (χ2v) is 6.15. The molecule has 0 fully saturated rings. The van der Waals surface area contributed by atoms with Crippen molar-refractivity contribution in [1.82, 2.24) is 0 Å². The fraction of sp³-hybridized carbons (Fsp3) is 0.235. The van der Waals surface area contributed by atoms with E-state index in [1.807, 2.05) is 24.3 Å². The van der Waals surface area contributed by atoms with E-state index >= 15 is 0 Å². The maximum Gasteiger partial charge on any atom is 0.225 e. The fourth-order valence-electron chi connectivity index (χ4n) is 2.29.